The fraction of sp³-hybridized carbons (Fsp3) is 0.385. The number of aromatic amines is 1. The molecule has 5 heteroatoms. The largest absolute Gasteiger partial charge is 0.382 e. The van der Waals surface area contributed by atoms with Gasteiger partial charge in [0.25, 0.3) is 0 Å². The number of nitrogens with two attached hydrogens (primary N) is 1. The van der Waals surface area contributed by atoms with Crippen molar-refractivity contribution in [1.29, 1.82) is 0 Å². The van der Waals surface area contributed by atoms with Crippen LogP contribution in [0.1, 0.15) is 30.4 Å². The Kier molecular flexibility index (Phi) is 2.76. The number of nitrogens with zero attached hydrogens (tertiary/aromatic N) is 2. The number of hydrogen-bond donors (Lipinski definition) is 2. The lowest BCUT2D eigenvalue weighted by Gasteiger charge is -2.10. The van der Waals surface area contributed by atoms with Crippen molar-refractivity contribution in [3.05, 3.63) is 23.2 Å². The minimum Gasteiger partial charge on any atom is -0.382 e. The summed E-state index contributed by atoms with van der Waals surface area (Å²) in [5.41, 5.74) is 9.82. The van der Waals surface area contributed by atoms with E-state index >= 15 is 0 Å². The zero-order valence-corrected chi connectivity index (χ0v) is 10.4. The molecule has 0 saturated carbocycles. The number of nitrogen functional groups attached to an aromatic ring is 1. The van der Waals surface area contributed by atoms with Gasteiger partial charge in [0.1, 0.15) is 29.3 Å². The Morgan fingerprint density at radius 3 is 3.17 bits per heavy atom. The number of nitrogens with one attached hydrogen (secondary N) is 1. The molecule has 2 aromatic rings. The SMILES string of the molecule is CCOCc1nc2c3c(nc(N)c2[nH]1)CCC=C3. The van der Waals surface area contributed by atoms with Gasteiger partial charge in [-0.05, 0) is 19.8 Å². The van der Waals surface area contributed by atoms with Gasteiger partial charge in [-0.25, -0.2) is 9.97 Å². The second-order valence-corrected chi connectivity index (χ2v) is 4.34. The highest BCUT2D eigenvalue weighted by atomic mass is 16.5. The quantitative estimate of drug-likeness (QED) is 0.866. The number of ether oxygens (including phenoxy) is 1. The van der Waals surface area contributed by atoms with Gasteiger partial charge in [-0.2, -0.15) is 0 Å². The second kappa shape index (κ2) is 4.42. The Labute approximate surface area is 105 Å². The summed E-state index contributed by atoms with van der Waals surface area (Å²) in [5.74, 6) is 1.32. The van der Waals surface area contributed by atoms with Gasteiger partial charge in [-0.3, -0.25) is 0 Å². The molecule has 5 nitrogen and oxygen atoms in total. The molecule has 0 amide bonds. The Balaban J connectivity index is 2.14. The summed E-state index contributed by atoms with van der Waals surface area (Å²) < 4.78 is 5.36. The lowest BCUT2D eigenvalue weighted by molar-refractivity contribution is 0.129. The fourth-order valence-corrected chi connectivity index (χ4v) is 2.25. The maximum Gasteiger partial charge on any atom is 0.149 e. The highest BCUT2D eigenvalue weighted by Crippen LogP contribution is 2.28. The van der Waals surface area contributed by atoms with E-state index in [9.17, 15) is 0 Å². The van der Waals surface area contributed by atoms with Crippen LogP contribution in [0.3, 0.4) is 0 Å². The molecule has 0 aliphatic heterocycles. The maximum atomic E-state index is 5.98. The van der Waals surface area contributed by atoms with Gasteiger partial charge in [0.2, 0.25) is 0 Å². The van der Waals surface area contributed by atoms with Crippen LogP contribution in [0.2, 0.25) is 0 Å². The minimum absolute atomic E-state index is 0.475. The molecule has 3 N–H and O–H groups in total. The Hall–Kier alpha value is -1.88. The van der Waals surface area contributed by atoms with E-state index < -0.39 is 0 Å². The average Bonchev–Trinajstić information content (AvgIpc) is 2.81. The first-order valence-electron chi connectivity index (χ1n) is 6.20. The van der Waals surface area contributed by atoms with Crippen molar-refractivity contribution in [2.24, 2.45) is 0 Å². The van der Waals surface area contributed by atoms with Crippen molar-refractivity contribution in [1.82, 2.24) is 15.0 Å². The molecule has 0 fully saturated rings. The summed E-state index contributed by atoms with van der Waals surface area (Å²) in [7, 11) is 0. The number of aryl methyl sites for hydroxylation is 1. The summed E-state index contributed by atoms with van der Waals surface area (Å²) in [4.78, 5) is 12.2. The maximum absolute atomic E-state index is 5.98. The summed E-state index contributed by atoms with van der Waals surface area (Å²) >= 11 is 0. The monoisotopic (exact) mass is 244 g/mol. The number of imidazole rings is 1. The van der Waals surface area contributed by atoms with E-state index in [1.165, 1.54) is 0 Å². The standard InChI is InChI=1S/C13H16N4O/c1-2-18-7-10-16-11-8-5-3-4-6-9(8)15-13(14)12(11)17-10/h3,5H,2,4,6-7H2,1H3,(H2,14,15)(H,16,17). The van der Waals surface area contributed by atoms with E-state index in [1.54, 1.807) is 0 Å². The van der Waals surface area contributed by atoms with Gasteiger partial charge >= 0.3 is 0 Å². The van der Waals surface area contributed by atoms with E-state index in [0.717, 1.165) is 41.0 Å². The zero-order chi connectivity index (χ0) is 12.5. The Morgan fingerprint density at radius 1 is 1.44 bits per heavy atom. The van der Waals surface area contributed by atoms with Gasteiger partial charge in [0, 0.05) is 12.2 Å². The van der Waals surface area contributed by atoms with Gasteiger partial charge in [-0.1, -0.05) is 12.2 Å². The van der Waals surface area contributed by atoms with E-state index in [2.05, 4.69) is 27.1 Å². The summed E-state index contributed by atoms with van der Waals surface area (Å²) in [6.07, 6.45) is 6.18. The number of anilines is 1. The highest BCUT2D eigenvalue weighted by molar-refractivity contribution is 5.92. The number of allylic oxidation sites excluding steroid dienone is 1. The molecule has 0 atom stereocenters. The van der Waals surface area contributed by atoms with Crippen molar-refractivity contribution in [2.45, 2.75) is 26.4 Å². The molecule has 0 radical (unpaired) electrons. The molecular weight excluding hydrogens is 228 g/mol. The molecule has 3 rings (SSSR count). The summed E-state index contributed by atoms with van der Waals surface area (Å²) in [6.45, 7) is 3.11. The molecule has 94 valence electrons. The molecule has 0 saturated heterocycles. The third-order valence-corrected chi connectivity index (χ3v) is 3.11. The Bertz CT molecular complexity index is 615. The minimum atomic E-state index is 0.475. The van der Waals surface area contributed by atoms with Gasteiger partial charge in [0.05, 0.1) is 5.69 Å². The van der Waals surface area contributed by atoms with E-state index in [-0.39, 0.29) is 0 Å². The number of H-pyrrole nitrogens is 1. The van der Waals surface area contributed by atoms with Crippen LogP contribution in [0.15, 0.2) is 6.08 Å². The summed E-state index contributed by atoms with van der Waals surface area (Å²) in [5, 5.41) is 0. The molecule has 1 aliphatic rings. The molecule has 2 aromatic heterocycles. The van der Waals surface area contributed by atoms with Gasteiger partial charge in [-0.15, -0.1) is 0 Å². The van der Waals surface area contributed by atoms with E-state index in [1.807, 2.05) is 6.92 Å². The van der Waals surface area contributed by atoms with Crippen molar-refractivity contribution in [2.75, 3.05) is 12.3 Å². The van der Waals surface area contributed by atoms with Crippen LogP contribution >= 0.6 is 0 Å². The molecular formula is C13H16N4O. The molecule has 2 heterocycles. The molecule has 0 unspecified atom stereocenters. The lowest BCUT2D eigenvalue weighted by Crippen LogP contribution is -2.03. The predicted octanol–water partition coefficient (Wildman–Crippen LogP) is 2.04. The van der Waals surface area contributed by atoms with Crippen LogP contribution in [0.4, 0.5) is 5.82 Å². The average molecular weight is 244 g/mol. The third-order valence-electron chi connectivity index (χ3n) is 3.11. The number of fused-ring (bicyclic) bond motifs is 3. The molecule has 1 aliphatic carbocycles. The van der Waals surface area contributed by atoms with Crippen molar-refractivity contribution in [3.8, 4) is 0 Å². The van der Waals surface area contributed by atoms with Crippen LogP contribution in [0.25, 0.3) is 17.1 Å². The molecule has 0 aromatic carbocycles. The number of aromatic nitrogens is 3. The number of hydrogen-bond acceptors (Lipinski definition) is 4. The summed E-state index contributed by atoms with van der Waals surface area (Å²) in [6, 6.07) is 0. The van der Waals surface area contributed by atoms with Crippen LogP contribution in [0.5, 0.6) is 0 Å². The smallest absolute Gasteiger partial charge is 0.149 e. The highest BCUT2D eigenvalue weighted by Gasteiger charge is 2.16. The molecule has 18 heavy (non-hydrogen) atoms. The van der Waals surface area contributed by atoms with Gasteiger partial charge < -0.3 is 15.5 Å². The van der Waals surface area contributed by atoms with Crippen LogP contribution < -0.4 is 5.73 Å². The van der Waals surface area contributed by atoms with E-state index in [0.29, 0.717) is 19.0 Å². The zero-order valence-electron chi connectivity index (χ0n) is 10.4. The lowest BCUT2D eigenvalue weighted by atomic mass is 10.0. The van der Waals surface area contributed by atoms with E-state index in [4.69, 9.17) is 10.5 Å². The topological polar surface area (TPSA) is 76.8 Å². The Morgan fingerprint density at radius 2 is 2.33 bits per heavy atom. The first kappa shape index (κ1) is 11.2. The first-order chi connectivity index (χ1) is 8.79. The molecule has 0 spiro atoms. The third kappa shape index (κ3) is 1.76. The number of pyridine rings is 1. The normalized spacial score (nSPS) is 14.1. The first-order valence-corrected chi connectivity index (χ1v) is 6.20. The van der Waals surface area contributed by atoms with Crippen molar-refractivity contribution in [3.63, 3.8) is 0 Å². The predicted molar refractivity (Wildman–Crippen MR) is 71.0 cm³/mol. The van der Waals surface area contributed by atoms with Crippen LogP contribution in [-0.2, 0) is 17.8 Å². The van der Waals surface area contributed by atoms with Crippen LogP contribution in [0, 0.1) is 0 Å². The second-order valence-electron chi connectivity index (χ2n) is 4.34. The van der Waals surface area contributed by atoms with Crippen molar-refractivity contribution >= 4 is 22.9 Å². The van der Waals surface area contributed by atoms with Gasteiger partial charge in [0.15, 0.2) is 0 Å². The number of rotatable bonds is 3. The fourth-order valence-electron chi connectivity index (χ4n) is 2.25. The molecule has 0 bridgehead atoms. The van der Waals surface area contributed by atoms with Crippen LogP contribution in [-0.4, -0.2) is 21.6 Å². The van der Waals surface area contributed by atoms with Crippen molar-refractivity contribution < 1.29 is 4.74 Å².